The van der Waals surface area contributed by atoms with Crippen molar-refractivity contribution in [3.63, 3.8) is 0 Å². The Bertz CT molecular complexity index is 155. The smallest absolute Gasteiger partial charge is 0.201 e. The van der Waals surface area contributed by atoms with Gasteiger partial charge in [0, 0.05) is 12.8 Å². The molecular weight excluding hydrogens is 136 g/mol. The molecule has 1 aliphatic carbocycles. The maximum absolute atomic E-state index is 10.5. The normalized spacial score (nSPS) is 34.6. The predicted molar refractivity (Wildman–Crippen MR) is 31.3 cm³/mol. The Morgan fingerprint density at radius 2 is 1.30 bits per heavy atom. The summed E-state index contributed by atoms with van der Waals surface area (Å²) in [6, 6.07) is 0. The van der Waals surface area contributed by atoms with E-state index >= 15 is 0 Å². The topological polar surface area (TPSA) is 74.6 Å². The largest absolute Gasteiger partial charge is 0.390 e. The lowest BCUT2D eigenvalue weighted by Gasteiger charge is -2.20. The van der Waals surface area contributed by atoms with Gasteiger partial charge in [0.2, 0.25) is 11.6 Å². The maximum Gasteiger partial charge on any atom is 0.201 e. The summed E-state index contributed by atoms with van der Waals surface area (Å²) in [6.07, 6.45) is -2.57. The van der Waals surface area contributed by atoms with Gasteiger partial charge in [0.1, 0.15) is 0 Å². The molecule has 0 bridgehead atoms. The van der Waals surface area contributed by atoms with Crippen LogP contribution in [0.3, 0.4) is 0 Å². The summed E-state index contributed by atoms with van der Waals surface area (Å²) >= 11 is 0. The van der Waals surface area contributed by atoms with Crippen LogP contribution in [0.2, 0.25) is 0 Å². The van der Waals surface area contributed by atoms with Crippen molar-refractivity contribution in [2.75, 3.05) is 0 Å². The zero-order chi connectivity index (χ0) is 7.72. The van der Waals surface area contributed by atoms with Gasteiger partial charge in [-0.05, 0) is 0 Å². The molecule has 4 nitrogen and oxygen atoms in total. The Morgan fingerprint density at radius 1 is 1.00 bits per heavy atom. The van der Waals surface area contributed by atoms with Crippen molar-refractivity contribution in [1.29, 1.82) is 0 Å². The van der Waals surface area contributed by atoms with Crippen molar-refractivity contribution in [2.24, 2.45) is 0 Å². The van der Waals surface area contributed by atoms with Gasteiger partial charge in [-0.15, -0.1) is 0 Å². The Kier molecular flexibility index (Phi) is 1.82. The van der Waals surface area contributed by atoms with E-state index in [4.69, 9.17) is 10.2 Å². The second-order valence-electron chi connectivity index (χ2n) is 2.39. The summed E-state index contributed by atoms with van der Waals surface area (Å²) in [5.41, 5.74) is 0. The van der Waals surface area contributed by atoms with E-state index < -0.39 is 23.8 Å². The molecule has 0 heterocycles. The molecule has 1 saturated carbocycles. The van der Waals surface area contributed by atoms with E-state index in [1.165, 1.54) is 0 Å². The molecule has 10 heavy (non-hydrogen) atoms. The van der Waals surface area contributed by atoms with Crippen LogP contribution in [0.15, 0.2) is 0 Å². The number of carbonyl (C=O) groups is 2. The standard InChI is InChI=1S/C6H8O4/c7-3-1-4(8)6(10)2-5(3)9/h3,5,7,9H,1-2H2. The van der Waals surface area contributed by atoms with Gasteiger partial charge in [0.25, 0.3) is 0 Å². The highest BCUT2D eigenvalue weighted by atomic mass is 16.3. The van der Waals surface area contributed by atoms with Crippen LogP contribution in [0.5, 0.6) is 0 Å². The predicted octanol–water partition coefficient (Wildman–Crippen LogP) is -1.36. The average molecular weight is 144 g/mol. The summed E-state index contributed by atoms with van der Waals surface area (Å²) < 4.78 is 0. The Hall–Kier alpha value is -0.740. The van der Waals surface area contributed by atoms with Crippen molar-refractivity contribution < 1.29 is 19.8 Å². The number of hydrogen-bond acceptors (Lipinski definition) is 4. The minimum Gasteiger partial charge on any atom is -0.390 e. The first kappa shape index (κ1) is 7.37. The number of ketones is 2. The van der Waals surface area contributed by atoms with Gasteiger partial charge in [0.15, 0.2) is 0 Å². The molecule has 1 rings (SSSR count). The van der Waals surface area contributed by atoms with Crippen LogP contribution in [0, 0.1) is 0 Å². The molecule has 0 aromatic rings. The molecule has 2 unspecified atom stereocenters. The Balaban J connectivity index is 2.63. The third kappa shape index (κ3) is 1.22. The van der Waals surface area contributed by atoms with Crippen molar-refractivity contribution in [3.8, 4) is 0 Å². The zero-order valence-electron chi connectivity index (χ0n) is 5.28. The van der Waals surface area contributed by atoms with Crippen molar-refractivity contribution in [2.45, 2.75) is 25.0 Å². The Labute approximate surface area is 57.5 Å². The number of carbonyl (C=O) groups excluding carboxylic acids is 2. The molecule has 56 valence electrons. The minimum absolute atomic E-state index is 0.236. The third-order valence-corrected chi connectivity index (χ3v) is 1.54. The van der Waals surface area contributed by atoms with Crippen LogP contribution in [0.25, 0.3) is 0 Å². The molecule has 4 heteroatoms. The first-order chi connectivity index (χ1) is 4.61. The first-order valence-electron chi connectivity index (χ1n) is 3.03. The summed E-state index contributed by atoms with van der Waals surface area (Å²) in [7, 11) is 0. The van der Waals surface area contributed by atoms with Crippen LogP contribution in [0.1, 0.15) is 12.8 Å². The first-order valence-corrected chi connectivity index (χ1v) is 3.03. The zero-order valence-corrected chi connectivity index (χ0v) is 5.28. The van der Waals surface area contributed by atoms with Gasteiger partial charge in [-0.3, -0.25) is 9.59 Å². The number of aliphatic hydroxyl groups excluding tert-OH is 2. The van der Waals surface area contributed by atoms with E-state index in [-0.39, 0.29) is 12.8 Å². The van der Waals surface area contributed by atoms with Gasteiger partial charge in [-0.1, -0.05) is 0 Å². The molecule has 1 fully saturated rings. The quantitative estimate of drug-likeness (QED) is 0.412. The van der Waals surface area contributed by atoms with Gasteiger partial charge in [0.05, 0.1) is 12.2 Å². The number of aliphatic hydroxyl groups is 2. The van der Waals surface area contributed by atoms with E-state index in [2.05, 4.69) is 0 Å². The van der Waals surface area contributed by atoms with Crippen LogP contribution >= 0.6 is 0 Å². The van der Waals surface area contributed by atoms with Crippen LogP contribution in [-0.4, -0.2) is 34.0 Å². The van der Waals surface area contributed by atoms with Crippen LogP contribution < -0.4 is 0 Å². The molecule has 0 aromatic heterocycles. The van der Waals surface area contributed by atoms with Gasteiger partial charge >= 0.3 is 0 Å². The third-order valence-electron chi connectivity index (χ3n) is 1.54. The van der Waals surface area contributed by atoms with Gasteiger partial charge < -0.3 is 10.2 Å². The number of rotatable bonds is 0. The maximum atomic E-state index is 10.5. The van der Waals surface area contributed by atoms with Crippen LogP contribution in [-0.2, 0) is 9.59 Å². The fourth-order valence-corrected chi connectivity index (χ4v) is 0.880. The lowest BCUT2D eigenvalue weighted by atomic mass is 9.93. The van der Waals surface area contributed by atoms with E-state index in [1.807, 2.05) is 0 Å². The fourth-order valence-electron chi connectivity index (χ4n) is 0.880. The number of Topliss-reactive ketones (excluding diaryl/α,β-unsaturated/α-hetero) is 2. The summed E-state index contributed by atoms with van der Waals surface area (Å²) in [5, 5.41) is 17.7. The molecule has 0 radical (unpaired) electrons. The SMILES string of the molecule is O=C1CC(O)C(O)CC1=O. The molecule has 0 amide bonds. The summed E-state index contributed by atoms with van der Waals surface area (Å²) in [6.45, 7) is 0. The van der Waals surface area contributed by atoms with E-state index in [0.717, 1.165) is 0 Å². The van der Waals surface area contributed by atoms with E-state index in [0.29, 0.717) is 0 Å². The number of hydrogen-bond donors (Lipinski definition) is 2. The monoisotopic (exact) mass is 144 g/mol. The highest BCUT2D eigenvalue weighted by Gasteiger charge is 2.31. The second-order valence-corrected chi connectivity index (χ2v) is 2.39. The minimum atomic E-state index is -1.05. The van der Waals surface area contributed by atoms with Crippen LogP contribution in [0.4, 0.5) is 0 Å². The molecule has 2 atom stereocenters. The molecule has 2 N–H and O–H groups in total. The van der Waals surface area contributed by atoms with E-state index in [1.54, 1.807) is 0 Å². The van der Waals surface area contributed by atoms with Crippen molar-refractivity contribution >= 4 is 11.6 Å². The van der Waals surface area contributed by atoms with Gasteiger partial charge in [-0.25, -0.2) is 0 Å². The Morgan fingerprint density at radius 3 is 1.60 bits per heavy atom. The second kappa shape index (κ2) is 2.48. The van der Waals surface area contributed by atoms with Crippen molar-refractivity contribution in [3.05, 3.63) is 0 Å². The van der Waals surface area contributed by atoms with Crippen molar-refractivity contribution in [1.82, 2.24) is 0 Å². The summed E-state index contributed by atoms with van der Waals surface area (Å²) in [4.78, 5) is 21.1. The highest BCUT2D eigenvalue weighted by molar-refractivity contribution is 6.38. The molecule has 0 aromatic carbocycles. The van der Waals surface area contributed by atoms with Gasteiger partial charge in [-0.2, -0.15) is 0 Å². The fraction of sp³-hybridized carbons (Fsp3) is 0.667. The average Bonchev–Trinajstić information content (AvgIpc) is 1.84. The van der Waals surface area contributed by atoms with E-state index in [9.17, 15) is 9.59 Å². The highest BCUT2D eigenvalue weighted by Crippen LogP contribution is 2.12. The molecular formula is C6H8O4. The lowest BCUT2D eigenvalue weighted by molar-refractivity contribution is -0.145. The molecule has 0 spiro atoms. The molecule has 0 saturated heterocycles. The molecule has 0 aliphatic heterocycles. The summed E-state index contributed by atoms with van der Waals surface area (Å²) in [5.74, 6) is -1.17. The molecule has 1 aliphatic rings. The lowest BCUT2D eigenvalue weighted by Crippen LogP contribution is -2.39.